The second-order valence-electron chi connectivity index (χ2n) is 8.45. The number of carbonyl (C=O) groups is 1. The third kappa shape index (κ3) is 4.77. The van der Waals surface area contributed by atoms with Crippen LogP contribution in [0.15, 0.2) is 47.6 Å². The van der Waals surface area contributed by atoms with Crippen LogP contribution in [0.4, 0.5) is 0 Å². The Morgan fingerprint density at radius 1 is 1.30 bits per heavy atom. The van der Waals surface area contributed by atoms with Crippen molar-refractivity contribution in [3.8, 4) is 0 Å². The number of carbonyl (C=O) groups excluding carboxylic acids is 1. The monoisotopic (exact) mass is 410 g/mol. The molecule has 30 heavy (non-hydrogen) atoms. The van der Waals surface area contributed by atoms with Gasteiger partial charge < -0.3 is 26.0 Å². The molecule has 1 amide bonds. The van der Waals surface area contributed by atoms with Crippen molar-refractivity contribution in [1.29, 1.82) is 0 Å². The number of amides is 1. The van der Waals surface area contributed by atoms with Crippen molar-refractivity contribution in [2.75, 3.05) is 32.8 Å². The molecule has 2 atom stereocenters. The van der Waals surface area contributed by atoms with Crippen molar-refractivity contribution < 1.29 is 9.53 Å². The van der Waals surface area contributed by atoms with E-state index in [1.54, 1.807) is 0 Å². The maximum absolute atomic E-state index is 13.3. The molecule has 162 valence electrons. The molecule has 0 radical (unpaired) electrons. The van der Waals surface area contributed by atoms with Crippen LogP contribution in [0, 0.1) is 0 Å². The topological polar surface area (TPSA) is 79.6 Å². The van der Waals surface area contributed by atoms with Crippen LogP contribution in [0.5, 0.6) is 0 Å². The number of benzene rings is 1. The van der Waals surface area contributed by atoms with E-state index in [1.165, 1.54) is 22.4 Å². The molecule has 2 fully saturated rings. The lowest BCUT2D eigenvalue weighted by Gasteiger charge is -2.37. The van der Waals surface area contributed by atoms with E-state index in [9.17, 15) is 4.79 Å². The highest BCUT2D eigenvalue weighted by molar-refractivity contribution is 5.83. The lowest BCUT2D eigenvalue weighted by Crippen LogP contribution is -2.53. The fourth-order valence-electron chi connectivity index (χ4n) is 4.41. The number of nitrogens with zero attached hydrogens (tertiary/aromatic N) is 1. The predicted molar refractivity (Wildman–Crippen MR) is 120 cm³/mol. The zero-order valence-electron chi connectivity index (χ0n) is 17.9. The molecule has 3 aliphatic rings. The minimum absolute atomic E-state index is 0.0493. The van der Waals surface area contributed by atoms with Gasteiger partial charge >= 0.3 is 0 Å². The zero-order valence-corrected chi connectivity index (χ0v) is 17.9. The summed E-state index contributed by atoms with van der Waals surface area (Å²) in [4.78, 5) is 15.4. The normalized spacial score (nSPS) is 22.9. The average molecular weight is 411 g/mol. The largest absolute Gasteiger partial charge is 0.381 e. The van der Waals surface area contributed by atoms with E-state index in [2.05, 4.69) is 52.8 Å². The van der Waals surface area contributed by atoms with E-state index < -0.39 is 0 Å². The van der Waals surface area contributed by atoms with Gasteiger partial charge in [0.2, 0.25) is 0 Å². The van der Waals surface area contributed by atoms with Gasteiger partial charge in [-0.05, 0) is 55.9 Å². The number of nitrogens with one attached hydrogen (secondary N) is 2. The molecule has 1 aromatic carbocycles. The number of rotatable bonds is 8. The van der Waals surface area contributed by atoms with Gasteiger partial charge in [0.1, 0.15) is 6.10 Å². The quantitative estimate of drug-likeness (QED) is 0.611. The Labute approximate surface area is 179 Å². The predicted octanol–water partition coefficient (Wildman–Crippen LogP) is 2.03. The van der Waals surface area contributed by atoms with Gasteiger partial charge in [0, 0.05) is 31.4 Å². The summed E-state index contributed by atoms with van der Waals surface area (Å²) < 4.78 is 5.77. The fourth-order valence-corrected chi connectivity index (χ4v) is 4.41. The average Bonchev–Trinajstić information content (AvgIpc) is 3.64. The maximum Gasteiger partial charge on any atom is 0.253 e. The Kier molecular flexibility index (Phi) is 6.87. The van der Waals surface area contributed by atoms with Gasteiger partial charge in [0.05, 0.1) is 12.6 Å². The van der Waals surface area contributed by atoms with Gasteiger partial charge in [0.25, 0.3) is 5.91 Å². The van der Waals surface area contributed by atoms with E-state index in [1.807, 2.05) is 6.07 Å². The molecule has 0 bridgehead atoms. The number of hydrogen-bond donors (Lipinski definition) is 3. The highest BCUT2D eigenvalue weighted by Crippen LogP contribution is 2.34. The summed E-state index contributed by atoms with van der Waals surface area (Å²) in [5.74, 6) is 0.124. The number of hydrogen-bond acceptors (Lipinski definition) is 5. The molecule has 0 spiro atoms. The Hall–Kier alpha value is -2.15. The van der Waals surface area contributed by atoms with Crippen molar-refractivity contribution in [2.45, 2.75) is 50.8 Å². The summed E-state index contributed by atoms with van der Waals surface area (Å²) in [6.45, 7) is 5.59. The number of allylic oxidation sites excluding steroid dienone is 2. The van der Waals surface area contributed by atoms with Gasteiger partial charge in [-0.25, -0.2) is 0 Å². The van der Waals surface area contributed by atoms with Gasteiger partial charge in [-0.2, -0.15) is 0 Å². The molecular formula is C24H34N4O2. The van der Waals surface area contributed by atoms with Gasteiger partial charge in [0.15, 0.2) is 0 Å². The summed E-state index contributed by atoms with van der Waals surface area (Å²) in [6, 6.07) is 10.8. The first-order valence-corrected chi connectivity index (χ1v) is 11.3. The lowest BCUT2D eigenvalue weighted by molar-refractivity contribution is -0.147. The van der Waals surface area contributed by atoms with Crippen LogP contribution in [0.2, 0.25) is 0 Å². The Balaban J connectivity index is 1.58. The summed E-state index contributed by atoms with van der Waals surface area (Å²) in [6.07, 6.45) is 5.98. The highest BCUT2D eigenvalue weighted by Gasteiger charge is 2.40. The summed E-state index contributed by atoms with van der Waals surface area (Å²) in [5.41, 5.74) is 10.7. The van der Waals surface area contributed by atoms with Crippen molar-refractivity contribution in [3.05, 3.63) is 53.1 Å². The number of dihydropyridines is 1. The minimum Gasteiger partial charge on any atom is -0.381 e. The Morgan fingerprint density at radius 3 is 2.77 bits per heavy atom. The molecule has 2 aliphatic heterocycles. The van der Waals surface area contributed by atoms with Gasteiger partial charge in [-0.1, -0.05) is 36.4 Å². The van der Waals surface area contributed by atoms with Crippen LogP contribution in [0.1, 0.15) is 38.2 Å². The van der Waals surface area contributed by atoms with Crippen LogP contribution < -0.4 is 16.4 Å². The van der Waals surface area contributed by atoms with Crippen LogP contribution in [0.3, 0.4) is 0 Å². The molecule has 2 heterocycles. The minimum atomic E-state index is -0.369. The van der Waals surface area contributed by atoms with Crippen LogP contribution in [-0.4, -0.2) is 61.8 Å². The molecule has 0 aromatic heterocycles. The molecule has 1 aliphatic carbocycles. The molecule has 6 heteroatoms. The summed E-state index contributed by atoms with van der Waals surface area (Å²) >= 11 is 0. The van der Waals surface area contributed by atoms with Crippen molar-refractivity contribution >= 4 is 11.6 Å². The van der Waals surface area contributed by atoms with E-state index in [0.717, 1.165) is 38.8 Å². The maximum atomic E-state index is 13.3. The molecule has 1 saturated carbocycles. The number of morpholine rings is 1. The molecule has 4 rings (SSSR count). The molecule has 1 aromatic rings. The van der Waals surface area contributed by atoms with Gasteiger partial charge in [-0.3, -0.25) is 4.79 Å². The number of nitrogens with two attached hydrogens (primary N) is 1. The van der Waals surface area contributed by atoms with Crippen LogP contribution >= 0.6 is 0 Å². The highest BCUT2D eigenvalue weighted by atomic mass is 16.5. The molecule has 6 nitrogen and oxygen atoms in total. The van der Waals surface area contributed by atoms with Crippen LogP contribution in [-0.2, 0) is 9.53 Å². The van der Waals surface area contributed by atoms with Gasteiger partial charge in [-0.15, -0.1) is 0 Å². The SMILES string of the molecule is C[C@H](C1=CC(CCCN)=C(c2ccccc2)NC1)N(C(=O)[C@H]1CNCCO1)C1CC1. The molecule has 1 saturated heterocycles. The van der Waals surface area contributed by atoms with E-state index in [0.29, 0.717) is 25.7 Å². The molecular weight excluding hydrogens is 376 g/mol. The van der Waals surface area contributed by atoms with Crippen molar-refractivity contribution in [3.63, 3.8) is 0 Å². The second-order valence-corrected chi connectivity index (χ2v) is 8.45. The first kappa shape index (κ1) is 21.1. The lowest BCUT2D eigenvalue weighted by atomic mass is 9.93. The Bertz CT molecular complexity index is 795. The van der Waals surface area contributed by atoms with E-state index in [4.69, 9.17) is 10.5 Å². The zero-order chi connectivity index (χ0) is 20.9. The summed E-state index contributed by atoms with van der Waals surface area (Å²) in [5, 5.41) is 6.93. The van der Waals surface area contributed by atoms with Crippen molar-refractivity contribution in [1.82, 2.24) is 15.5 Å². The molecule has 0 unspecified atom stereocenters. The smallest absolute Gasteiger partial charge is 0.253 e. The number of ether oxygens (including phenoxy) is 1. The fraction of sp³-hybridized carbons (Fsp3) is 0.542. The van der Waals surface area contributed by atoms with E-state index >= 15 is 0 Å². The summed E-state index contributed by atoms with van der Waals surface area (Å²) in [7, 11) is 0. The third-order valence-corrected chi connectivity index (χ3v) is 6.21. The first-order chi connectivity index (χ1) is 14.7. The van der Waals surface area contributed by atoms with E-state index in [-0.39, 0.29) is 18.1 Å². The third-order valence-electron chi connectivity index (χ3n) is 6.21. The molecule has 4 N–H and O–H groups in total. The second kappa shape index (κ2) is 9.77. The van der Waals surface area contributed by atoms with Crippen molar-refractivity contribution in [2.24, 2.45) is 5.73 Å². The standard InChI is InChI=1S/C24H34N4O2/c1-17(28(21-9-10-21)24(29)22-16-26-12-13-30-22)20-14-19(8-5-11-25)23(27-15-20)18-6-3-2-4-7-18/h2-4,6-7,14,17,21-22,26-27H,5,8-13,15-16,25H2,1H3/t17-,22-/m1/s1. The first-order valence-electron chi connectivity index (χ1n) is 11.3. The van der Waals surface area contributed by atoms with Crippen LogP contribution in [0.25, 0.3) is 5.70 Å². The Morgan fingerprint density at radius 2 is 2.10 bits per heavy atom.